The van der Waals surface area contributed by atoms with Crippen molar-refractivity contribution < 1.29 is 23.0 Å². The summed E-state index contributed by atoms with van der Waals surface area (Å²) in [6.45, 7) is 0.441. The van der Waals surface area contributed by atoms with E-state index in [1.807, 2.05) is 0 Å². The van der Waals surface area contributed by atoms with Crippen molar-refractivity contribution in [3.8, 4) is 11.5 Å². The molecule has 1 aliphatic rings. The lowest BCUT2D eigenvalue weighted by molar-refractivity contribution is 0.189. The highest BCUT2D eigenvalue weighted by atomic mass is 32.2. The fourth-order valence-corrected chi connectivity index (χ4v) is 3.68. The van der Waals surface area contributed by atoms with Crippen LogP contribution in [0.25, 0.3) is 0 Å². The Morgan fingerprint density at radius 1 is 1.32 bits per heavy atom. The molecule has 1 saturated heterocycles. The third-order valence-corrected chi connectivity index (χ3v) is 5.02. The first kappa shape index (κ1) is 14.1. The van der Waals surface area contributed by atoms with Gasteiger partial charge in [0, 0.05) is 19.2 Å². The highest BCUT2D eigenvalue weighted by Crippen LogP contribution is 2.31. The number of aliphatic hydroxyl groups excluding tert-OH is 1. The minimum Gasteiger partial charge on any atom is -0.497 e. The molecule has 0 aromatic heterocycles. The molecule has 0 amide bonds. The Morgan fingerprint density at radius 3 is 2.58 bits per heavy atom. The average molecular weight is 287 g/mol. The van der Waals surface area contributed by atoms with Crippen molar-refractivity contribution in [2.75, 3.05) is 27.3 Å². The van der Waals surface area contributed by atoms with Crippen LogP contribution in [0.5, 0.6) is 11.5 Å². The number of β-amino-alcohol motifs (C(OH)–C–C–N with tert-alkyl or cyclic N) is 1. The van der Waals surface area contributed by atoms with Crippen molar-refractivity contribution in [2.24, 2.45) is 0 Å². The van der Waals surface area contributed by atoms with Gasteiger partial charge in [-0.3, -0.25) is 0 Å². The molecule has 0 aliphatic carbocycles. The Bertz CT molecular complexity index is 557. The monoisotopic (exact) mass is 287 g/mol. The Morgan fingerprint density at radius 2 is 2.05 bits per heavy atom. The van der Waals surface area contributed by atoms with Crippen LogP contribution in [0, 0.1) is 0 Å². The molecule has 1 aromatic carbocycles. The maximum absolute atomic E-state index is 12.5. The number of hydrogen-bond acceptors (Lipinski definition) is 5. The molecule has 1 aromatic rings. The van der Waals surface area contributed by atoms with Crippen LogP contribution in [-0.4, -0.2) is 51.2 Å². The van der Waals surface area contributed by atoms with Crippen molar-refractivity contribution in [1.82, 2.24) is 4.31 Å². The predicted molar refractivity (Wildman–Crippen MR) is 68.9 cm³/mol. The predicted octanol–water partition coefficient (Wildman–Crippen LogP) is 0.459. The van der Waals surface area contributed by atoms with Gasteiger partial charge in [-0.25, -0.2) is 8.42 Å². The van der Waals surface area contributed by atoms with Crippen LogP contribution < -0.4 is 9.47 Å². The third kappa shape index (κ3) is 2.68. The second kappa shape index (κ2) is 5.36. The van der Waals surface area contributed by atoms with Gasteiger partial charge in [0.15, 0.2) is 0 Å². The summed E-state index contributed by atoms with van der Waals surface area (Å²) in [5, 5.41) is 9.46. The molecule has 1 atom stereocenters. The minimum absolute atomic E-state index is 0.0879. The molecule has 1 N–H and O–H groups in total. The van der Waals surface area contributed by atoms with Crippen LogP contribution in [-0.2, 0) is 10.0 Å². The van der Waals surface area contributed by atoms with E-state index < -0.39 is 16.1 Å². The summed E-state index contributed by atoms with van der Waals surface area (Å²) in [5.41, 5.74) is 0. The van der Waals surface area contributed by atoms with Gasteiger partial charge in [0.25, 0.3) is 0 Å². The quantitative estimate of drug-likeness (QED) is 0.870. The molecule has 0 unspecified atom stereocenters. The molecule has 7 heteroatoms. The number of hydrogen-bond donors (Lipinski definition) is 1. The summed E-state index contributed by atoms with van der Waals surface area (Å²) in [5.74, 6) is 0.762. The SMILES string of the molecule is COc1ccc(S(=O)(=O)N2CC[C@H](O)C2)c(OC)c1. The zero-order valence-electron chi connectivity index (χ0n) is 10.9. The van der Waals surface area contributed by atoms with E-state index in [4.69, 9.17) is 9.47 Å². The lowest BCUT2D eigenvalue weighted by Gasteiger charge is -2.18. The van der Waals surface area contributed by atoms with Crippen LogP contribution >= 0.6 is 0 Å². The van der Waals surface area contributed by atoms with E-state index >= 15 is 0 Å². The zero-order chi connectivity index (χ0) is 14.0. The van der Waals surface area contributed by atoms with Crippen LogP contribution in [0.15, 0.2) is 23.1 Å². The fourth-order valence-electron chi connectivity index (χ4n) is 2.06. The van der Waals surface area contributed by atoms with E-state index in [0.29, 0.717) is 18.7 Å². The molecule has 1 heterocycles. The third-order valence-electron chi connectivity index (χ3n) is 3.11. The molecule has 1 aliphatic heterocycles. The Kier molecular flexibility index (Phi) is 3.98. The molecule has 2 rings (SSSR count). The summed E-state index contributed by atoms with van der Waals surface area (Å²) in [4.78, 5) is 0.0879. The Balaban J connectivity index is 2.40. The topological polar surface area (TPSA) is 76.1 Å². The number of aliphatic hydroxyl groups is 1. The smallest absolute Gasteiger partial charge is 0.246 e. The summed E-state index contributed by atoms with van der Waals surface area (Å²) >= 11 is 0. The van der Waals surface area contributed by atoms with Crippen molar-refractivity contribution in [1.29, 1.82) is 0 Å². The van der Waals surface area contributed by atoms with Gasteiger partial charge in [-0.15, -0.1) is 0 Å². The molecule has 0 saturated carbocycles. The van der Waals surface area contributed by atoms with Crippen LogP contribution in [0.2, 0.25) is 0 Å². The van der Waals surface area contributed by atoms with E-state index in [1.54, 1.807) is 6.07 Å². The first-order valence-corrected chi connectivity index (χ1v) is 7.33. The average Bonchev–Trinajstić information content (AvgIpc) is 2.85. The summed E-state index contributed by atoms with van der Waals surface area (Å²) in [6.07, 6.45) is -0.142. The van der Waals surface area contributed by atoms with E-state index in [-0.39, 0.29) is 17.2 Å². The van der Waals surface area contributed by atoms with E-state index in [1.165, 1.54) is 30.7 Å². The van der Waals surface area contributed by atoms with E-state index in [0.717, 1.165) is 0 Å². The molecular formula is C12H17NO5S. The minimum atomic E-state index is -3.65. The lowest BCUT2D eigenvalue weighted by atomic mass is 10.3. The van der Waals surface area contributed by atoms with E-state index in [2.05, 4.69) is 0 Å². The number of nitrogens with zero attached hydrogens (tertiary/aromatic N) is 1. The molecule has 1 fully saturated rings. The molecular weight excluding hydrogens is 270 g/mol. The lowest BCUT2D eigenvalue weighted by Crippen LogP contribution is -2.30. The fraction of sp³-hybridized carbons (Fsp3) is 0.500. The number of methoxy groups -OCH3 is 2. The van der Waals surface area contributed by atoms with Crippen LogP contribution in [0.4, 0.5) is 0 Å². The van der Waals surface area contributed by atoms with Gasteiger partial charge in [-0.1, -0.05) is 0 Å². The maximum Gasteiger partial charge on any atom is 0.246 e. The van der Waals surface area contributed by atoms with E-state index in [9.17, 15) is 13.5 Å². The first-order chi connectivity index (χ1) is 8.98. The maximum atomic E-state index is 12.5. The molecule has 0 spiro atoms. The van der Waals surface area contributed by atoms with Gasteiger partial charge in [0.1, 0.15) is 16.4 Å². The Labute approximate surface area is 112 Å². The molecule has 0 radical (unpaired) electrons. The van der Waals surface area contributed by atoms with Gasteiger partial charge in [0.05, 0.1) is 20.3 Å². The highest BCUT2D eigenvalue weighted by Gasteiger charge is 2.33. The highest BCUT2D eigenvalue weighted by molar-refractivity contribution is 7.89. The van der Waals surface area contributed by atoms with Gasteiger partial charge in [0.2, 0.25) is 10.0 Å². The molecule has 0 bridgehead atoms. The second-order valence-electron chi connectivity index (χ2n) is 4.32. The van der Waals surface area contributed by atoms with Gasteiger partial charge in [-0.2, -0.15) is 4.31 Å². The zero-order valence-corrected chi connectivity index (χ0v) is 11.7. The standard InChI is InChI=1S/C12H17NO5S/c1-17-10-3-4-12(11(7-10)18-2)19(15,16)13-6-5-9(14)8-13/h3-4,7,9,14H,5-6,8H2,1-2H3/t9-/m0/s1. The van der Waals surface area contributed by atoms with Gasteiger partial charge < -0.3 is 14.6 Å². The number of ether oxygens (including phenoxy) is 2. The number of sulfonamides is 1. The number of rotatable bonds is 4. The van der Waals surface area contributed by atoms with Gasteiger partial charge >= 0.3 is 0 Å². The van der Waals surface area contributed by atoms with Crippen LogP contribution in [0.1, 0.15) is 6.42 Å². The van der Waals surface area contributed by atoms with Crippen molar-refractivity contribution in [2.45, 2.75) is 17.4 Å². The molecule has 19 heavy (non-hydrogen) atoms. The summed E-state index contributed by atoms with van der Waals surface area (Å²) in [7, 11) is -0.737. The summed E-state index contributed by atoms with van der Waals surface area (Å²) < 4.78 is 36.3. The molecule has 6 nitrogen and oxygen atoms in total. The second-order valence-corrected chi connectivity index (χ2v) is 6.23. The number of benzene rings is 1. The van der Waals surface area contributed by atoms with Crippen LogP contribution in [0.3, 0.4) is 0 Å². The van der Waals surface area contributed by atoms with Crippen molar-refractivity contribution in [3.05, 3.63) is 18.2 Å². The molecule has 106 valence electrons. The first-order valence-electron chi connectivity index (χ1n) is 5.89. The van der Waals surface area contributed by atoms with Gasteiger partial charge in [-0.05, 0) is 18.6 Å². The summed E-state index contributed by atoms with van der Waals surface area (Å²) in [6, 6.07) is 4.55. The largest absolute Gasteiger partial charge is 0.497 e. The van der Waals surface area contributed by atoms with Crippen molar-refractivity contribution in [3.63, 3.8) is 0 Å². The van der Waals surface area contributed by atoms with Crippen molar-refractivity contribution >= 4 is 10.0 Å². The Hall–Kier alpha value is -1.31. The normalized spacial score (nSPS) is 20.5.